The van der Waals surface area contributed by atoms with Crippen LogP contribution in [0.1, 0.15) is 29.4 Å². The van der Waals surface area contributed by atoms with Crippen molar-refractivity contribution in [3.63, 3.8) is 0 Å². The Kier molecular flexibility index (Phi) is 3.60. The van der Waals surface area contributed by atoms with E-state index in [9.17, 15) is 9.59 Å². The van der Waals surface area contributed by atoms with Crippen LogP contribution in [0.5, 0.6) is 0 Å². The van der Waals surface area contributed by atoms with Gasteiger partial charge in [-0.1, -0.05) is 18.2 Å². The zero-order valence-corrected chi connectivity index (χ0v) is 14.0. The summed E-state index contributed by atoms with van der Waals surface area (Å²) in [4.78, 5) is 29.5. The van der Waals surface area contributed by atoms with Gasteiger partial charge in [-0.05, 0) is 36.3 Å². The van der Waals surface area contributed by atoms with Crippen molar-refractivity contribution in [3.05, 3.63) is 35.2 Å². The standard InChI is InChI=1S/C18H20N2O2S/c1-12(21)19-9-13-6-7-15(11-19)20(10-13)18(22)17-8-14-4-2-3-5-16(14)23-17/h2-5,8,13,15H,6-7,9-11H2,1H3. The van der Waals surface area contributed by atoms with Crippen molar-refractivity contribution in [1.29, 1.82) is 0 Å². The molecule has 1 aromatic heterocycles. The summed E-state index contributed by atoms with van der Waals surface area (Å²) in [6.07, 6.45) is 2.12. The molecule has 0 radical (unpaired) electrons. The minimum atomic E-state index is 0.123. The summed E-state index contributed by atoms with van der Waals surface area (Å²) in [5, 5.41) is 1.13. The van der Waals surface area contributed by atoms with Crippen LogP contribution in [0.25, 0.3) is 10.1 Å². The number of hydrogen-bond donors (Lipinski definition) is 0. The Morgan fingerprint density at radius 1 is 1.13 bits per heavy atom. The molecule has 3 fully saturated rings. The van der Waals surface area contributed by atoms with E-state index in [1.807, 2.05) is 28.0 Å². The van der Waals surface area contributed by atoms with Crippen molar-refractivity contribution < 1.29 is 9.59 Å². The highest BCUT2D eigenvalue weighted by molar-refractivity contribution is 7.20. The number of fused-ring (bicyclic) bond motifs is 5. The van der Waals surface area contributed by atoms with Crippen LogP contribution in [0, 0.1) is 5.92 Å². The molecule has 4 nitrogen and oxygen atoms in total. The number of carbonyl (C=O) groups is 2. The molecule has 0 N–H and O–H groups in total. The average molecular weight is 328 g/mol. The Morgan fingerprint density at radius 2 is 1.96 bits per heavy atom. The second-order valence-electron chi connectivity index (χ2n) is 6.63. The summed E-state index contributed by atoms with van der Waals surface area (Å²) >= 11 is 1.57. The molecular formula is C18H20N2O2S. The van der Waals surface area contributed by atoms with Gasteiger partial charge in [-0.3, -0.25) is 9.59 Å². The molecule has 0 saturated carbocycles. The number of benzene rings is 1. The number of nitrogens with zero attached hydrogens (tertiary/aromatic N) is 2. The fourth-order valence-electron chi connectivity index (χ4n) is 3.82. The van der Waals surface area contributed by atoms with Crippen LogP contribution in [-0.4, -0.2) is 47.3 Å². The number of thiophene rings is 1. The van der Waals surface area contributed by atoms with Crippen molar-refractivity contribution >= 4 is 33.2 Å². The van der Waals surface area contributed by atoms with Crippen molar-refractivity contribution in [2.45, 2.75) is 25.8 Å². The normalized spacial score (nSPS) is 24.0. The Labute approximate surface area is 139 Å². The molecule has 1 aromatic carbocycles. The number of amides is 2. The van der Waals surface area contributed by atoms with Crippen molar-refractivity contribution in [2.24, 2.45) is 5.92 Å². The molecule has 120 valence electrons. The zero-order chi connectivity index (χ0) is 16.0. The van der Waals surface area contributed by atoms with E-state index < -0.39 is 0 Å². The quantitative estimate of drug-likeness (QED) is 0.807. The largest absolute Gasteiger partial charge is 0.341 e. The van der Waals surface area contributed by atoms with Gasteiger partial charge in [0.15, 0.2) is 0 Å². The molecule has 3 aliphatic rings. The molecule has 23 heavy (non-hydrogen) atoms. The van der Waals surface area contributed by atoms with Crippen LogP contribution < -0.4 is 0 Å². The number of piperidine rings is 1. The second kappa shape index (κ2) is 5.64. The Hall–Kier alpha value is -1.88. The van der Waals surface area contributed by atoms with E-state index in [0.29, 0.717) is 12.5 Å². The number of rotatable bonds is 1. The maximum absolute atomic E-state index is 13.0. The summed E-state index contributed by atoms with van der Waals surface area (Å²) in [6.45, 7) is 3.88. The maximum atomic E-state index is 13.0. The lowest BCUT2D eigenvalue weighted by molar-refractivity contribution is -0.129. The van der Waals surface area contributed by atoms with Crippen LogP contribution >= 0.6 is 11.3 Å². The van der Waals surface area contributed by atoms with E-state index in [1.165, 1.54) is 0 Å². The van der Waals surface area contributed by atoms with Crippen LogP contribution in [0.3, 0.4) is 0 Å². The van der Waals surface area contributed by atoms with Gasteiger partial charge in [0.1, 0.15) is 0 Å². The average Bonchev–Trinajstić information content (AvgIpc) is 2.76. The van der Waals surface area contributed by atoms with Gasteiger partial charge in [0.25, 0.3) is 5.91 Å². The molecule has 2 unspecified atom stereocenters. The second-order valence-corrected chi connectivity index (χ2v) is 7.71. The fraction of sp³-hybridized carbons (Fsp3) is 0.444. The lowest BCUT2D eigenvalue weighted by Crippen LogP contribution is -2.47. The van der Waals surface area contributed by atoms with Crippen molar-refractivity contribution in [2.75, 3.05) is 19.6 Å². The SMILES string of the molecule is CC(=O)N1CC2CCC(C1)N(C(=O)c1cc3ccccc3s1)C2. The molecule has 3 saturated heterocycles. The van der Waals surface area contributed by atoms with Crippen LogP contribution in [-0.2, 0) is 4.79 Å². The van der Waals surface area contributed by atoms with Crippen LogP contribution in [0.4, 0.5) is 0 Å². The smallest absolute Gasteiger partial charge is 0.264 e. The first-order valence-electron chi connectivity index (χ1n) is 8.17. The van der Waals surface area contributed by atoms with Gasteiger partial charge in [0.2, 0.25) is 5.91 Å². The molecule has 5 heteroatoms. The first-order chi connectivity index (χ1) is 11.1. The van der Waals surface area contributed by atoms with Gasteiger partial charge in [-0.2, -0.15) is 0 Å². The van der Waals surface area contributed by atoms with E-state index in [0.717, 1.165) is 40.9 Å². The van der Waals surface area contributed by atoms with E-state index in [-0.39, 0.29) is 17.9 Å². The molecule has 5 rings (SSSR count). The zero-order valence-electron chi connectivity index (χ0n) is 13.2. The fourth-order valence-corrected chi connectivity index (χ4v) is 4.84. The minimum absolute atomic E-state index is 0.123. The number of hydrogen-bond acceptors (Lipinski definition) is 3. The first kappa shape index (κ1) is 14.7. The summed E-state index contributed by atoms with van der Waals surface area (Å²) in [5.41, 5.74) is 0. The molecule has 0 spiro atoms. The molecule has 2 bridgehead atoms. The van der Waals surface area contributed by atoms with Gasteiger partial charge in [-0.15, -0.1) is 11.3 Å². The van der Waals surface area contributed by atoms with Gasteiger partial charge in [0, 0.05) is 37.3 Å². The highest BCUT2D eigenvalue weighted by Crippen LogP contribution is 2.32. The lowest BCUT2D eigenvalue weighted by Gasteiger charge is -2.35. The van der Waals surface area contributed by atoms with Crippen molar-refractivity contribution in [1.82, 2.24) is 9.80 Å². The number of carbonyl (C=O) groups excluding carboxylic acids is 2. The van der Waals surface area contributed by atoms with Crippen molar-refractivity contribution in [3.8, 4) is 0 Å². The van der Waals surface area contributed by atoms with Crippen LogP contribution in [0.15, 0.2) is 30.3 Å². The molecule has 2 amide bonds. The molecule has 4 heterocycles. The Balaban J connectivity index is 1.62. The summed E-state index contributed by atoms with van der Waals surface area (Å²) in [7, 11) is 0. The topological polar surface area (TPSA) is 40.6 Å². The summed E-state index contributed by atoms with van der Waals surface area (Å²) < 4.78 is 1.15. The molecule has 3 aliphatic heterocycles. The lowest BCUT2D eigenvalue weighted by atomic mass is 9.95. The van der Waals surface area contributed by atoms with E-state index in [1.54, 1.807) is 18.3 Å². The third kappa shape index (κ3) is 2.63. The van der Waals surface area contributed by atoms with Crippen LogP contribution in [0.2, 0.25) is 0 Å². The van der Waals surface area contributed by atoms with Gasteiger partial charge in [0.05, 0.1) is 4.88 Å². The van der Waals surface area contributed by atoms with Gasteiger partial charge >= 0.3 is 0 Å². The van der Waals surface area contributed by atoms with E-state index in [4.69, 9.17) is 0 Å². The molecule has 2 atom stereocenters. The monoisotopic (exact) mass is 328 g/mol. The highest BCUT2D eigenvalue weighted by atomic mass is 32.1. The Morgan fingerprint density at radius 3 is 2.74 bits per heavy atom. The van der Waals surface area contributed by atoms with E-state index in [2.05, 4.69) is 12.1 Å². The third-order valence-electron chi connectivity index (χ3n) is 5.06. The molecular weight excluding hydrogens is 308 g/mol. The first-order valence-corrected chi connectivity index (χ1v) is 8.98. The highest BCUT2D eigenvalue weighted by Gasteiger charge is 2.38. The predicted molar refractivity (Wildman–Crippen MR) is 91.6 cm³/mol. The molecule has 2 aromatic rings. The third-order valence-corrected chi connectivity index (χ3v) is 6.16. The van der Waals surface area contributed by atoms with Gasteiger partial charge in [-0.25, -0.2) is 0 Å². The summed E-state index contributed by atoms with van der Waals surface area (Å²) in [6, 6.07) is 10.3. The Bertz CT molecular complexity index is 736. The summed E-state index contributed by atoms with van der Waals surface area (Å²) in [5.74, 6) is 0.667. The molecule has 0 aliphatic carbocycles. The van der Waals surface area contributed by atoms with E-state index >= 15 is 0 Å². The van der Waals surface area contributed by atoms with Gasteiger partial charge < -0.3 is 9.80 Å². The minimum Gasteiger partial charge on any atom is -0.341 e. The predicted octanol–water partition coefficient (Wildman–Crippen LogP) is 2.98. The maximum Gasteiger partial charge on any atom is 0.264 e.